The molecule has 0 aromatic heterocycles. The van der Waals surface area contributed by atoms with Gasteiger partial charge in [0.15, 0.2) is 0 Å². The van der Waals surface area contributed by atoms with Crippen LogP contribution in [0.2, 0.25) is 0 Å². The average Bonchev–Trinajstić information content (AvgIpc) is 2.37. The molecule has 0 spiro atoms. The summed E-state index contributed by atoms with van der Waals surface area (Å²) in [7, 11) is 0. The van der Waals surface area contributed by atoms with Crippen molar-refractivity contribution in [1.82, 2.24) is 5.32 Å². The Hall–Kier alpha value is -1.24. The van der Waals surface area contributed by atoms with Crippen LogP contribution in [0.4, 0.5) is 26.3 Å². The molecule has 1 aliphatic heterocycles. The van der Waals surface area contributed by atoms with E-state index in [1.165, 1.54) is 0 Å². The number of rotatable bonds is 1. The van der Waals surface area contributed by atoms with Gasteiger partial charge in [0.05, 0.1) is 11.1 Å². The van der Waals surface area contributed by atoms with E-state index in [9.17, 15) is 26.3 Å². The summed E-state index contributed by atoms with van der Waals surface area (Å²) < 4.78 is 77.1. The molecule has 1 N–H and O–H groups in total. The number of hydrogen-bond donors (Lipinski definition) is 1. The zero-order chi connectivity index (χ0) is 15.9. The highest BCUT2D eigenvalue weighted by molar-refractivity contribution is 5.38. The average molecular weight is 311 g/mol. The minimum Gasteiger partial charge on any atom is -0.317 e. The minimum absolute atomic E-state index is 0.103. The largest absolute Gasteiger partial charge is 0.416 e. The van der Waals surface area contributed by atoms with Gasteiger partial charge in [-0.2, -0.15) is 26.3 Å². The van der Waals surface area contributed by atoms with E-state index < -0.39 is 28.9 Å². The van der Waals surface area contributed by atoms with Crippen LogP contribution >= 0.6 is 0 Å². The zero-order valence-corrected chi connectivity index (χ0v) is 11.3. The normalized spacial score (nSPS) is 19.6. The predicted octanol–water partition coefficient (Wildman–Crippen LogP) is 4.37. The highest BCUT2D eigenvalue weighted by Gasteiger charge is 2.39. The molecule has 0 atom stereocenters. The summed E-state index contributed by atoms with van der Waals surface area (Å²) in [5.74, 6) is 0. The Morgan fingerprint density at radius 3 is 1.67 bits per heavy atom. The predicted molar refractivity (Wildman–Crippen MR) is 65.9 cm³/mol. The van der Waals surface area contributed by atoms with Gasteiger partial charge in [0.25, 0.3) is 0 Å². The van der Waals surface area contributed by atoms with Crippen LogP contribution in [0.15, 0.2) is 18.2 Å². The molecule has 1 aromatic rings. The van der Waals surface area contributed by atoms with E-state index >= 15 is 0 Å². The summed E-state index contributed by atoms with van der Waals surface area (Å²) in [6, 6.07) is 1.87. The summed E-state index contributed by atoms with van der Waals surface area (Å²) in [4.78, 5) is 0. The third-order valence-corrected chi connectivity index (χ3v) is 3.99. The molecule has 118 valence electrons. The monoisotopic (exact) mass is 311 g/mol. The maximum atomic E-state index is 12.8. The lowest BCUT2D eigenvalue weighted by atomic mass is 9.74. The molecule has 7 heteroatoms. The van der Waals surface area contributed by atoms with Gasteiger partial charge in [-0.05, 0) is 55.1 Å². The van der Waals surface area contributed by atoms with Crippen LogP contribution in [-0.4, -0.2) is 13.1 Å². The van der Waals surface area contributed by atoms with Crippen molar-refractivity contribution in [2.75, 3.05) is 13.1 Å². The summed E-state index contributed by atoms with van der Waals surface area (Å²) >= 11 is 0. The Balaban J connectivity index is 2.55. The first-order chi connectivity index (χ1) is 9.52. The van der Waals surface area contributed by atoms with Gasteiger partial charge in [-0.25, -0.2) is 0 Å². The Kier molecular flexibility index (Phi) is 3.99. The molecule has 0 aliphatic carbocycles. The van der Waals surface area contributed by atoms with Gasteiger partial charge >= 0.3 is 12.4 Å². The molecule has 2 rings (SSSR count). The third kappa shape index (κ3) is 3.51. The van der Waals surface area contributed by atoms with E-state index in [1.807, 2.05) is 0 Å². The second-order valence-corrected chi connectivity index (χ2v) is 5.61. The van der Waals surface area contributed by atoms with Crippen LogP contribution in [0.1, 0.15) is 36.5 Å². The van der Waals surface area contributed by atoms with Crippen molar-refractivity contribution in [2.45, 2.75) is 37.5 Å². The fourth-order valence-corrected chi connectivity index (χ4v) is 2.57. The van der Waals surface area contributed by atoms with Gasteiger partial charge in [0, 0.05) is 0 Å². The van der Waals surface area contributed by atoms with Crippen molar-refractivity contribution in [1.29, 1.82) is 0 Å². The van der Waals surface area contributed by atoms with Crippen molar-refractivity contribution >= 4 is 0 Å². The fourth-order valence-electron chi connectivity index (χ4n) is 2.57. The van der Waals surface area contributed by atoms with Crippen molar-refractivity contribution in [3.05, 3.63) is 34.9 Å². The zero-order valence-electron chi connectivity index (χ0n) is 11.3. The van der Waals surface area contributed by atoms with Crippen LogP contribution < -0.4 is 5.32 Å². The number of benzene rings is 1. The van der Waals surface area contributed by atoms with Crippen LogP contribution in [0.25, 0.3) is 0 Å². The van der Waals surface area contributed by atoms with Gasteiger partial charge < -0.3 is 5.32 Å². The number of nitrogens with one attached hydrogen (secondary N) is 1. The Morgan fingerprint density at radius 2 is 1.29 bits per heavy atom. The molecule has 0 unspecified atom stereocenters. The van der Waals surface area contributed by atoms with Crippen LogP contribution in [0.3, 0.4) is 0 Å². The number of piperidine rings is 1. The second kappa shape index (κ2) is 5.19. The molecule has 1 heterocycles. The fraction of sp³-hybridized carbons (Fsp3) is 0.571. The van der Waals surface area contributed by atoms with E-state index in [2.05, 4.69) is 5.32 Å². The van der Waals surface area contributed by atoms with Crippen molar-refractivity contribution in [2.24, 2.45) is 0 Å². The van der Waals surface area contributed by atoms with Crippen molar-refractivity contribution in [3.63, 3.8) is 0 Å². The molecule has 1 saturated heterocycles. The third-order valence-electron chi connectivity index (χ3n) is 3.99. The molecular weight excluding hydrogens is 296 g/mol. The minimum atomic E-state index is -4.79. The first-order valence-corrected chi connectivity index (χ1v) is 6.53. The lowest BCUT2D eigenvalue weighted by Crippen LogP contribution is -2.38. The first-order valence-electron chi connectivity index (χ1n) is 6.53. The Bertz CT molecular complexity index is 479. The summed E-state index contributed by atoms with van der Waals surface area (Å²) in [5, 5.41) is 3.05. The highest BCUT2D eigenvalue weighted by atomic mass is 19.4. The van der Waals surface area contributed by atoms with Crippen LogP contribution in [0.5, 0.6) is 0 Å². The van der Waals surface area contributed by atoms with Gasteiger partial charge in [-0.1, -0.05) is 6.92 Å². The van der Waals surface area contributed by atoms with Gasteiger partial charge in [0.2, 0.25) is 0 Å². The molecule has 21 heavy (non-hydrogen) atoms. The standard InChI is InChI=1S/C14H15F6N/c1-12(2-4-21-5-3-12)9-6-10(13(15,16)17)8-11(7-9)14(18,19)20/h6-8,21H,2-5H2,1H3. The smallest absolute Gasteiger partial charge is 0.317 e. The lowest BCUT2D eigenvalue weighted by Gasteiger charge is -2.35. The summed E-state index contributed by atoms with van der Waals surface area (Å²) in [6.07, 6.45) is -8.57. The molecule has 1 nitrogen and oxygen atoms in total. The molecule has 1 aliphatic rings. The van der Waals surface area contributed by atoms with Gasteiger partial charge in [-0.3, -0.25) is 0 Å². The maximum absolute atomic E-state index is 12.8. The molecule has 0 saturated carbocycles. The number of halogens is 6. The topological polar surface area (TPSA) is 12.0 Å². The first kappa shape index (κ1) is 16.1. The van der Waals surface area contributed by atoms with E-state index in [-0.39, 0.29) is 11.6 Å². The number of hydrogen-bond acceptors (Lipinski definition) is 1. The SMILES string of the molecule is CC1(c2cc(C(F)(F)F)cc(C(F)(F)F)c2)CCNCC1. The Labute approximate surface area is 118 Å². The van der Waals surface area contributed by atoms with Gasteiger partial charge in [-0.15, -0.1) is 0 Å². The molecule has 0 bridgehead atoms. The van der Waals surface area contributed by atoms with Crippen molar-refractivity contribution in [3.8, 4) is 0 Å². The van der Waals surface area contributed by atoms with E-state index in [0.717, 1.165) is 12.1 Å². The van der Waals surface area contributed by atoms with Crippen LogP contribution in [-0.2, 0) is 17.8 Å². The maximum Gasteiger partial charge on any atom is 0.416 e. The van der Waals surface area contributed by atoms with E-state index in [1.54, 1.807) is 6.92 Å². The van der Waals surface area contributed by atoms with Crippen molar-refractivity contribution < 1.29 is 26.3 Å². The molecule has 1 fully saturated rings. The quantitative estimate of drug-likeness (QED) is 0.760. The van der Waals surface area contributed by atoms with E-state index in [4.69, 9.17) is 0 Å². The second-order valence-electron chi connectivity index (χ2n) is 5.61. The van der Waals surface area contributed by atoms with Gasteiger partial charge in [0.1, 0.15) is 0 Å². The lowest BCUT2D eigenvalue weighted by molar-refractivity contribution is -0.143. The number of alkyl halides is 6. The molecule has 1 aromatic carbocycles. The molecule has 0 amide bonds. The molecule has 0 radical (unpaired) electrons. The summed E-state index contributed by atoms with van der Waals surface area (Å²) in [5.41, 5.74) is -3.06. The van der Waals surface area contributed by atoms with Crippen LogP contribution in [0, 0.1) is 0 Å². The summed E-state index contributed by atoms with van der Waals surface area (Å²) in [6.45, 7) is 2.87. The Morgan fingerprint density at radius 1 is 0.857 bits per heavy atom. The molecular formula is C14H15F6N. The highest BCUT2D eigenvalue weighted by Crippen LogP contribution is 2.41. The van der Waals surface area contributed by atoms with E-state index in [0.29, 0.717) is 25.9 Å².